The third-order valence-electron chi connectivity index (χ3n) is 2.73. The third kappa shape index (κ3) is 4.26. The molecule has 0 saturated carbocycles. The lowest BCUT2D eigenvalue weighted by molar-refractivity contribution is -0.115. The first kappa shape index (κ1) is 15.9. The quantitative estimate of drug-likeness (QED) is 0.568. The zero-order valence-electron chi connectivity index (χ0n) is 12.1. The van der Waals surface area contributed by atoms with E-state index >= 15 is 0 Å². The maximum absolute atomic E-state index is 12.2. The number of anilines is 2. The van der Waals surface area contributed by atoms with Crippen LogP contribution in [0.15, 0.2) is 40.3 Å². The van der Waals surface area contributed by atoms with Gasteiger partial charge in [-0.25, -0.2) is 4.98 Å². The van der Waals surface area contributed by atoms with E-state index in [0.717, 1.165) is 11.8 Å². The van der Waals surface area contributed by atoms with Crippen LogP contribution < -0.4 is 21.3 Å². The van der Waals surface area contributed by atoms with Gasteiger partial charge in [0.15, 0.2) is 5.16 Å². The lowest BCUT2D eigenvalue weighted by Gasteiger charge is -2.12. The Morgan fingerprint density at radius 2 is 2.23 bits per heavy atom. The van der Waals surface area contributed by atoms with Crippen LogP contribution >= 0.6 is 11.8 Å². The van der Waals surface area contributed by atoms with Gasteiger partial charge < -0.3 is 20.8 Å². The molecule has 0 bridgehead atoms. The highest BCUT2D eigenvalue weighted by molar-refractivity contribution is 8.00. The average Bonchev–Trinajstić information content (AvgIpc) is 2.46. The first-order valence-electron chi connectivity index (χ1n) is 6.46. The van der Waals surface area contributed by atoms with Crippen molar-refractivity contribution in [3.05, 3.63) is 40.7 Å². The van der Waals surface area contributed by atoms with Crippen LogP contribution in [-0.2, 0) is 4.79 Å². The Balaban J connectivity index is 2.03. The molecule has 1 heterocycles. The van der Waals surface area contributed by atoms with E-state index in [1.54, 1.807) is 38.3 Å². The number of amides is 1. The molecular formula is C14H16N4O3S. The molecule has 1 unspecified atom stereocenters. The molecule has 0 radical (unpaired) electrons. The summed E-state index contributed by atoms with van der Waals surface area (Å²) in [6, 6.07) is 8.23. The fraction of sp³-hybridized carbons (Fsp3) is 0.214. The number of carbonyl (C=O) groups excluding carboxylic acids is 1. The Labute approximate surface area is 131 Å². The number of nitrogens with one attached hydrogen (secondary N) is 2. The summed E-state index contributed by atoms with van der Waals surface area (Å²) in [5, 5.41) is 2.62. The van der Waals surface area contributed by atoms with E-state index in [1.807, 2.05) is 0 Å². The summed E-state index contributed by atoms with van der Waals surface area (Å²) < 4.78 is 5.10. The van der Waals surface area contributed by atoms with Gasteiger partial charge >= 0.3 is 0 Å². The summed E-state index contributed by atoms with van der Waals surface area (Å²) in [7, 11) is 1.56. The molecule has 2 aromatic rings. The van der Waals surface area contributed by atoms with Gasteiger partial charge in [-0.3, -0.25) is 9.59 Å². The lowest BCUT2D eigenvalue weighted by Crippen LogP contribution is -2.23. The van der Waals surface area contributed by atoms with Gasteiger partial charge in [0.1, 0.15) is 11.6 Å². The van der Waals surface area contributed by atoms with Crippen LogP contribution in [0.25, 0.3) is 0 Å². The summed E-state index contributed by atoms with van der Waals surface area (Å²) in [5.41, 5.74) is 5.79. The molecule has 4 N–H and O–H groups in total. The largest absolute Gasteiger partial charge is 0.497 e. The highest BCUT2D eigenvalue weighted by Crippen LogP contribution is 2.22. The van der Waals surface area contributed by atoms with Gasteiger partial charge in [0, 0.05) is 17.8 Å². The second kappa shape index (κ2) is 6.99. The van der Waals surface area contributed by atoms with Crippen molar-refractivity contribution in [2.75, 3.05) is 18.2 Å². The summed E-state index contributed by atoms with van der Waals surface area (Å²) in [5.74, 6) is 0.551. The number of hydrogen-bond acceptors (Lipinski definition) is 6. The molecule has 0 fully saturated rings. The molecule has 22 heavy (non-hydrogen) atoms. The minimum Gasteiger partial charge on any atom is -0.497 e. The number of thioether (sulfide) groups is 1. The van der Waals surface area contributed by atoms with Crippen molar-refractivity contribution in [2.24, 2.45) is 0 Å². The van der Waals surface area contributed by atoms with Gasteiger partial charge in [-0.05, 0) is 19.1 Å². The normalized spacial score (nSPS) is 11.7. The van der Waals surface area contributed by atoms with Crippen LogP contribution in [0.4, 0.5) is 11.5 Å². The topological polar surface area (TPSA) is 110 Å². The minimum absolute atomic E-state index is 0.117. The van der Waals surface area contributed by atoms with Crippen LogP contribution in [0.1, 0.15) is 6.92 Å². The molecule has 1 aromatic heterocycles. The number of nitrogens with zero attached hydrogens (tertiary/aromatic N) is 1. The van der Waals surface area contributed by atoms with Crippen molar-refractivity contribution in [3.8, 4) is 5.75 Å². The number of aromatic nitrogens is 2. The molecule has 8 heteroatoms. The number of nitrogen functional groups attached to an aromatic ring is 1. The fourth-order valence-electron chi connectivity index (χ4n) is 1.67. The molecule has 2 rings (SSSR count). The molecule has 0 aliphatic heterocycles. The summed E-state index contributed by atoms with van der Waals surface area (Å²) in [6.45, 7) is 1.71. The zero-order chi connectivity index (χ0) is 16.1. The number of aromatic amines is 1. The number of H-pyrrole nitrogens is 1. The monoisotopic (exact) mass is 320 g/mol. The van der Waals surface area contributed by atoms with E-state index in [9.17, 15) is 9.59 Å². The highest BCUT2D eigenvalue weighted by atomic mass is 32.2. The molecule has 0 saturated heterocycles. The molecule has 0 aliphatic carbocycles. The maximum Gasteiger partial charge on any atom is 0.253 e. The van der Waals surface area contributed by atoms with Gasteiger partial charge in [-0.2, -0.15) is 0 Å². The van der Waals surface area contributed by atoms with Gasteiger partial charge in [0.25, 0.3) is 5.56 Å². The zero-order valence-corrected chi connectivity index (χ0v) is 12.9. The molecule has 7 nitrogen and oxygen atoms in total. The number of hydrogen-bond donors (Lipinski definition) is 3. The van der Waals surface area contributed by atoms with Crippen molar-refractivity contribution in [1.29, 1.82) is 0 Å². The summed E-state index contributed by atoms with van der Waals surface area (Å²) >= 11 is 1.12. The lowest BCUT2D eigenvalue weighted by atomic mass is 10.3. The summed E-state index contributed by atoms with van der Waals surface area (Å²) in [4.78, 5) is 30.0. The Kier molecular flexibility index (Phi) is 5.05. The molecule has 0 aliphatic rings. The highest BCUT2D eigenvalue weighted by Gasteiger charge is 2.16. The predicted molar refractivity (Wildman–Crippen MR) is 86.2 cm³/mol. The second-order valence-electron chi connectivity index (χ2n) is 4.46. The molecule has 1 atom stereocenters. The predicted octanol–water partition coefficient (Wildman–Crippen LogP) is 1.48. The number of carbonyl (C=O) groups is 1. The van der Waals surface area contributed by atoms with Crippen molar-refractivity contribution in [3.63, 3.8) is 0 Å². The molecule has 0 spiro atoms. The van der Waals surface area contributed by atoms with Crippen LogP contribution in [0.2, 0.25) is 0 Å². The molecule has 1 amide bonds. The van der Waals surface area contributed by atoms with Crippen molar-refractivity contribution in [1.82, 2.24) is 9.97 Å². The van der Waals surface area contributed by atoms with Gasteiger partial charge in [-0.15, -0.1) is 0 Å². The number of rotatable bonds is 5. The van der Waals surface area contributed by atoms with E-state index in [2.05, 4.69) is 15.3 Å². The van der Waals surface area contributed by atoms with Crippen LogP contribution in [0.5, 0.6) is 5.75 Å². The Hall–Kier alpha value is -2.48. The standard InChI is InChI=1S/C14H16N4O3S/c1-8(22-14-17-11(15)7-12(19)18-14)13(20)16-9-4-3-5-10(6-9)21-2/h3-8H,1-2H3,(H,16,20)(H3,15,17,18,19). The number of nitrogens with two attached hydrogens (primary N) is 1. The first-order valence-corrected chi connectivity index (χ1v) is 7.34. The summed E-state index contributed by atoms with van der Waals surface area (Å²) in [6.07, 6.45) is 0. The van der Waals surface area contributed by atoms with E-state index in [4.69, 9.17) is 10.5 Å². The van der Waals surface area contributed by atoms with Crippen molar-refractivity contribution >= 4 is 29.2 Å². The molecule has 116 valence electrons. The molecular weight excluding hydrogens is 304 g/mol. The van der Waals surface area contributed by atoms with E-state index in [-0.39, 0.29) is 17.3 Å². The average molecular weight is 320 g/mol. The minimum atomic E-state index is -0.462. The van der Waals surface area contributed by atoms with Crippen LogP contribution in [0, 0.1) is 0 Å². The SMILES string of the molecule is COc1cccc(NC(=O)C(C)Sc2nc(N)cc(=O)[nH]2)c1. The van der Waals surface area contributed by atoms with Crippen molar-refractivity contribution < 1.29 is 9.53 Å². The first-order chi connectivity index (χ1) is 10.5. The van der Waals surface area contributed by atoms with E-state index in [1.165, 1.54) is 6.07 Å². The van der Waals surface area contributed by atoms with Gasteiger partial charge in [-0.1, -0.05) is 17.8 Å². The van der Waals surface area contributed by atoms with Gasteiger partial charge in [0.2, 0.25) is 5.91 Å². The Bertz CT molecular complexity index is 732. The number of ether oxygens (including phenoxy) is 1. The number of methoxy groups -OCH3 is 1. The van der Waals surface area contributed by atoms with E-state index in [0.29, 0.717) is 16.6 Å². The smallest absolute Gasteiger partial charge is 0.253 e. The maximum atomic E-state index is 12.2. The van der Waals surface area contributed by atoms with Gasteiger partial charge in [0.05, 0.1) is 12.4 Å². The third-order valence-corrected chi connectivity index (χ3v) is 3.72. The number of benzene rings is 1. The molecule has 1 aromatic carbocycles. The Morgan fingerprint density at radius 1 is 1.45 bits per heavy atom. The Morgan fingerprint density at radius 3 is 2.91 bits per heavy atom. The van der Waals surface area contributed by atoms with Crippen LogP contribution in [-0.4, -0.2) is 28.2 Å². The second-order valence-corrected chi connectivity index (χ2v) is 5.79. The van der Waals surface area contributed by atoms with Crippen LogP contribution in [0.3, 0.4) is 0 Å². The van der Waals surface area contributed by atoms with Crippen molar-refractivity contribution in [2.45, 2.75) is 17.3 Å². The van der Waals surface area contributed by atoms with E-state index < -0.39 is 5.25 Å². The fourth-order valence-corrected chi connectivity index (χ4v) is 2.49.